The van der Waals surface area contributed by atoms with Crippen LogP contribution in [0.25, 0.3) is 10.6 Å². The van der Waals surface area contributed by atoms with Crippen LogP contribution in [0.2, 0.25) is 0 Å². The van der Waals surface area contributed by atoms with Gasteiger partial charge in [0.25, 0.3) is 0 Å². The van der Waals surface area contributed by atoms with E-state index in [-0.39, 0.29) is 6.61 Å². The lowest BCUT2D eigenvalue weighted by Gasteiger charge is -2.10. The molecule has 0 N–H and O–H groups in total. The Morgan fingerprint density at radius 2 is 2.07 bits per heavy atom. The largest absolute Gasteiger partial charge is 0.493 e. The number of aryl methyl sites for hydroxylation is 2. The van der Waals surface area contributed by atoms with E-state index >= 15 is 0 Å². The van der Waals surface area contributed by atoms with Crippen LogP contribution in [0.1, 0.15) is 34.4 Å². The van der Waals surface area contributed by atoms with Gasteiger partial charge in [0, 0.05) is 5.38 Å². The van der Waals surface area contributed by atoms with Crippen LogP contribution in [-0.4, -0.2) is 30.3 Å². The van der Waals surface area contributed by atoms with Gasteiger partial charge in [0.1, 0.15) is 22.9 Å². The van der Waals surface area contributed by atoms with Crippen LogP contribution in [0.15, 0.2) is 28.1 Å². The number of hydrogen-bond acceptors (Lipinski definition) is 8. The van der Waals surface area contributed by atoms with E-state index in [1.807, 2.05) is 30.5 Å². The van der Waals surface area contributed by atoms with E-state index < -0.39 is 5.97 Å². The Labute approximate surface area is 160 Å². The summed E-state index contributed by atoms with van der Waals surface area (Å²) in [4.78, 5) is 16.9. The van der Waals surface area contributed by atoms with Crippen molar-refractivity contribution in [3.05, 3.63) is 46.3 Å². The van der Waals surface area contributed by atoms with Gasteiger partial charge in [-0.25, -0.2) is 9.78 Å². The van der Waals surface area contributed by atoms with Crippen molar-refractivity contribution in [3.8, 4) is 22.1 Å². The zero-order valence-corrected chi connectivity index (χ0v) is 16.4. The second kappa shape index (κ2) is 8.22. The summed E-state index contributed by atoms with van der Waals surface area (Å²) in [7, 11) is 3.18. The third kappa shape index (κ3) is 3.80. The number of aromatic nitrogens is 2. The highest BCUT2D eigenvalue weighted by molar-refractivity contribution is 7.13. The minimum absolute atomic E-state index is 0.0649. The molecule has 0 fully saturated rings. The molecule has 0 saturated heterocycles. The van der Waals surface area contributed by atoms with Gasteiger partial charge in [-0.1, -0.05) is 18.1 Å². The number of carbonyl (C=O) groups excluding carboxylic acids is 1. The number of thiazole rings is 1. The van der Waals surface area contributed by atoms with Crippen LogP contribution in [0.5, 0.6) is 11.5 Å². The van der Waals surface area contributed by atoms with E-state index in [0.29, 0.717) is 40.6 Å². The lowest BCUT2D eigenvalue weighted by molar-refractivity contribution is 0.0465. The van der Waals surface area contributed by atoms with Gasteiger partial charge in [0.15, 0.2) is 11.5 Å². The fourth-order valence-electron chi connectivity index (χ4n) is 2.69. The molecule has 0 bridgehead atoms. The molecular formula is C19H20N2O5S. The van der Waals surface area contributed by atoms with Crippen molar-refractivity contribution in [1.29, 1.82) is 0 Å². The van der Waals surface area contributed by atoms with Crippen LogP contribution in [0, 0.1) is 6.92 Å². The summed E-state index contributed by atoms with van der Waals surface area (Å²) in [5.74, 6) is 1.25. The first kappa shape index (κ1) is 18.9. The summed E-state index contributed by atoms with van der Waals surface area (Å²) in [6, 6.07) is 5.61. The minimum Gasteiger partial charge on any atom is -0.493 e. The topological polar surface area (TPSA) is 83.7 Å². The molecule has 7 nitrogen and oxygen atoms in total. The molecule has 0 spiro atoms. The molecule has 0 amide bonds. The smallest absolute Gasteiger partial charge is 0.344 e. The van der Waals surface area contributed by atoms with Gasteiger partial charge < -0.3 is 18.7 Å². The molecule has 27 heavy (non-hydrogen) atoms. The van der Waals surface area contributed by atoms with E-state index in [1.165, 1.54) is 11.3 Å². The number of hydrogen-bond donors (Lipinski definition) is 0. The first-order chi connectivity index (χ1) is 13.1. The number of methoxy groups -OCH3 is 2. The van der Waals surface area contributed by atoms with E-state index in [1.54, 1.807) is 21.1 Å². The highest BCUT2D eigenvalue weighted by Crippen LogP contribution is 2.39. The fourth-order valence-corrected chi connectivity index (χ4v) is 3.51. The summed E-state index contributed by atoms with van der Waals surface area (Å²) in [6.07, 6.45) is 0.595. The summed E-state index contributed by atoms with van der Waals surface area (Å²) in [6.45, 7) is 3.66. The first-order valence-electron chi connectivity index (χ1n) is 8.37. The second-order valence-electron chi connectivity index (χ2n) is 5.68. The molecule has 142 valence electrons. The predicted octanol–water partition coefficient (Wildman–Crippen LogP) is 4.04. The summed E-state index contributed by atoms with van der Waals surface area (Å²) < 4.78 is 21.3. The van der Waals surface area contributed by atoms with Crippen LogP contribution in [-0.2, 0) is 17.8 Å². The zero-order valence-electron chi connectivity index (χ0n) is 15.6. The van der Waals surface area contributed by atoms with Crippen molar-refractivity contribution in [2.45, 2.75) is 26.9 Å². The Bertz CT molecular complexity index is 947. The molecule has 3 rings (SSSR count). The third-order valence-electron chi connectivity index (χ3n) is 4.01. The van der Waals surface area contributed by atoms with Crippen LogP contribution >= 0.6 is 11.3 Å². The van der Waals surface area contributed by atoms with Gasteiger partial charge in [0.05, 0.1) is 31.2 Å². The highest BCUT2D eigenvalue weighted by atomic mass is 32.1. The summed E-state index contributed by atoms with van der Waals surface area (Å²) in [5, 5.41) is 6.48. The number of carbonyl (C=O) groups is 1. The maximum absolute atomic E-state index is 12.4. The molecule has 0 radical (unpaired) electrons. The average Bonchev–Trinajstić information content (AvgIpc) is 3.31. The molecule has 0 aliphatic carbocycles. The van der Waals surface area contributed by atoms with Crippen molar-refractivity contribution >= 4 is 17.3 Å². The molecular weight excluding hydrogens is 368 g/mol. The molecule has 0 atom stereocenters. The van der Waals surface area contributed by atoms with E-state index in [9.17, 15) is 4.79 Å². The number of rotatable bonds is 7. The van der Waals surface area contributed by atoms with Crippen molar-refractivity contribution in [1.82, 2.24) is 10.1 Å². The highest BCUT2D eigenvalue weighted by Gasteiger charge is 2.21. The normalized spacial score (nSPS) is 10.7. The Kier molecular flexibility index (Phi) is 5.75. The lowest BCUT2D eigenvalue weighted by atomic mass is 10.1. The Morgan fingerprint density at radius 1 is 1.26 bits per heavy atom. The second-order valence-corrected chi connectivity index (χ2v) is 6.53. The molecule has 0 aliphatic heterocycles. The van der Waals surface area contributed by atoms with Gasteiger partial charge >= 0.3 is 5.97 Å². The van der Waals surface area contributed by atoms with Crippen molar-refractivity contribution in [2.75, 3.05) is 14.2 Å². The molecule has 0 unspecified atom stereocenters. The Balaban J connectivity index is 1.76. The number of para-hydroxylation sites is 1. The van der Waals surface area contributed by atoms with E-state index in [0.717, 1.165) is 10.6 Å². The van der Waals surface area contributed by atoms with E-state index in [2.05, 4.69) is 10.1 Å². The van der Waals surface area contributed by atoms with Gasteiger partial charge in [-0.3, -0.25) is 0 Å². The fraction of sp³-hybridized carbons (Fsp3) is 0.316. The van der Waals surface area contributed by atoms with Crippen molar-refractivity contribution in [2.24, 2.45) is 0 Å². The molecule has 0 aliphatic rings. The first-order valence-corrected chi connectivity index (χ1v) is 9.25. The molecule has 8 heteroatoms. The standard InChI is InChI=1S/C19H20N2O5S/c1-5-14-16(11(2)26-21-14)19(22)25-9-12-10-27-18(20-12)13-7-6-8-15(23-3)17(13)24-4/h6-8,10H,5,9H2,1-4H3. The Hall–Kier alpha value is -2.87. The van der Waals surface area contributed by atoms with Gasteiger partial charge in [0.2, 0.25) is 0 Å². The SMILES string of the molecule is CCc1noc(C)c1C(=O)OCc1csc(-c2cccc(OC)c2OC)n1. The zero-order chi connectivity index (χ0) is 19.4. The molecule has 2 aromatic heterocycles. The average molecular weight is 388 g/mol. The van der Waals surface area contributed by atoms with Gasteiger partial charge in [-0.05, 0) is 25.5 Å². The molecule has 0 saturated carbocycles. The van der Waals surface area contributed by atoms with Gasteiger partial charge in [-0.15, -0.1) is 11.3 Å². The number of ether oxygens (including phenoxy) is 3. The maximum Gasteiger partial charge on any atom is 0.344 e. The van der Waals surface area contributed by atoms with Crippen molar-refractivity contribution < 1.29 is 23.5 Å². The van der Waals surface area contributed by atoms with Crippen LogP contribution in [0.3, 0.4) is 0 Å². The maximum atomic E-state index is 12.4. The quantitative estimate of drug-likeness (QED) is 0.565. The summed E-state index contributed by atoms with van der Waals surface area (Å²) >= 11 is 1.44. The van der Waals surface area contributed by atoms with Crippen LogP contribution < -0.4 is 9.47 Å². The molecule has 3 aromatic rings. The Morgan fingerprint density at radius 3 is 2.78 bits per heavy atom. The molecule has 2 heterocycles. The monoisotopic (exact) mass is 388 g/mol. The van der Waals surface area contributed by atoms with E-state index in [4.69, 9.17) is 18.7 Å². The van der Waals surface area contributed by atoms with Gasteiger partial charge in [-0.2, -0.15) is 0 Å². The van der Waals surface area contributed by atoms with Crippen LogP contribution in [0.4, 0.5) is 0 Å². The lowest BCUT2D eigenvalue weighted by Crippen LogP contribution is -2.08. The number of esters is 1. The minimum atomic E-state index is -0.459. The molecule has 1 aromatic carbocycles. The summed E-state index contributed by atoms with van der Waals surface area (Å²) in [5.41, 5.74) is 2.46. The third-order valence-corrected chi connectivity index (χ3v) is 4.93. The number of benzene rings is 1. The number of nitrogens with zero attached hydrogens (tertiary/aromatic N) is 2. The predicted molar refractivity (Wildman–Crippen MR) is 100 cm³/mol. The van der Waals surface area contributed by atoms with Crippen molar-refractivity contribution in [3.63, 3.8) is 0 Å².